The minimum Gasteiger partial charge on any atom is -0.492 e. The Morgan fingerprint density at radius 3 is 2.96 bits per heavy atom. The van der Waals surface area contributed by atoms with E-state index in [0.29, 0.717) is 18.0 Å². The number of carbonyl (C=O) groups is 1. The molecule has 0 bridgehead atoms. The number of fused-ring (bicyclic) bond motifs is 1. The number of hydrogen-bond acceptors (Lipinski definition) is 6. The van der Waals surface area contributed by atoms with Crippen LogP contribution in [0.2, 0.25) is 0 Å². The normalized spacial score (nSPS) is 15.2. The zero-order valence-electron chi connectivity index (χ0n) is 15.5. The number of anilines is 1. The number of amides is 1. The Kier molecular flexibility index (Phi) is 5.70. The standard InChI is InChI=1S/C20H19BrN2O3S2/c1-3-25-17-5-12-4-11(2)26-16(12)8-15(17)23-19(24)7-14-10-28-20(22-14)18-6-13(21)9-27-18/h5-6,8-11H,3-4,7H2,1-2H3,(H,23,24). The molecule has 2 aromatic heterocycles. The van der Waals surface area contributed by atoms with Gasteiger partial charge in [-0.3, -0.25) is 4.79 Å². The van der Waals surface area contributed by atoms with Gasteiger partial charge in [0.1, 0.15) is 22.6 Å². The van der Waals surface area contributed by atoms with Gasteiger partial charge in [-0.1, -0.05) is 0 Å². The third-order valence-corrected chi connectivity index (χ3v) is 7.00. The van der Waals surface area contributed by atoms with Crippen LogP contribution in [0.5, 0.6) is 11.5 Å². The second kappa shape index (κ2) is 8.23. The van der Waals surface area contributed by atoms with Gasteiger partial charge in [-0.25, -0.2) is 4.98 Å². The van der Waals surface area contributed by atoms with Crippen LogP contribution < -0.4 is 14.8 Å². The molecule has 28 heavy (non-hydrogen) atoms. The third kappa shape index (κ3) is 4.24. The van der Waals surface area contributed by atoms with Crippen molar-refractivity contribution in [3.05, 3.63) is 44.7 Å². The Hall–Kier alpha value is -1.90. The van der Waals surface area contributed by atoms with Gasteiger partial charge in [0.05, 0.1) is 29.3 Å². The molecular formula is C20H19BrN2O3S2. The predicted octanol–water partition coefficient (Wildman–Crippen LogP) is 5.54. The van der Waals surface area contributed by atoms with E-state index in [2.05, 4.69) is 26.2 Å². The molecule has 0 aliphatic carbocycles. The predicted molar refractivity (Wildman–Crippen MR) is 117 cm³/mol. The van der Waals surface area contributed by atoms with Crippen LogP contribution in [0, 0.1) is 0 Å². The lowest BCUT2D eigenvalue weighted by Gasteiger charge is -2.13. The van der Waals surface area contributed by atoms with Gasteiger partial charge in [0.2, 0.25) is 5.91 Å². The van der Waals surface area contributed by atoms with Gasteiger partial charge < -0.3 is 14.8 Å². The van der Waals surface area contributed by atoms with Gasteiger partial charge >= 0.3 is 0 Å². The molecule has 0 saturated heterocycles. The second-order valence-corrected chi connectivity index (χ2v) is 9.20. The first kappa shape index (κ1) is 19.4. The molecule has 8 heteroatoms. The molecule has 0 radical (unpaired) electrons. The van der Waals surface area contributed by atoms with Crippen LogP contribution in [0.25, 0.3) is 9.88 Å². The molecule has 1 atom stereocenters. The van der Waals surface area contributed by atoms with Gasteiger partial charge in [-0.05, 0) is 41.9 Å². The maximum Gasteiger partial charge on any atom is 0.230 e. The first-order chi connectivity index (χ1) is 13.5. The van der Waals surface area contributed by atoms with Gasteiger partial charge in [0.25, 0.3) is 0 Å². The van der Waals surface area contributed by atoms with Crippen molar-refractivity contribution in [1.29, 1.82) is 0 Å². The number of ether oxygens (including phenoxy) is 2. The van der Waals surface area contributed by atoms with E-state index < -0.39 is 0 Å². The fourth-order valence-electron chi connectivity index (χ4n) is 3.10. The summed E-state index contributed by atoms with van der Waals surface area (Å²) in [7, 11) is 0. The van der Waals surface area contributed by atoms with E-state index in [1.807, 2.05) is 42.8 Å². The molecule has 146 valence electrons. The van der Waals surface area contributed by atoms with Gasteiger partial charge in [-0.2, -0.15) is 0 Å². The summed E-state index contributed by atoms with van der Waals surface area (Å²) in [5.74, 6) is 1.36. The van der Waals surface area contributed by atoms with E-state index in [0.717, 1.165) is 37.8 Å². The number of hydrogen-bond donors (Lipinski definition) is 1. The quantitative estimate of drug-likeness (QED) is 0.505. The molecule has 1 aromatic carbocycles. The van der Waals surface area contributed by atoms with Crippen molar-refractivity contribution < 1.29 is 14.3 Å². The van der Waals surface area contributed by atoms with Crippen LogP contribution in [0.4, 0.5) is 5.69 Å². The van der Waals surface area contributed by atoms with E-state index >= 15 is 0 Å². The lowest BCUT2D eigenvalue weighted by atomic mass is 10.1. The molecule has 0 spiro atoms. The summed E-state index contributed by atoms with van der Waals surface area (Å²) in [6.45, 7) is 4.49. The number of carbonyl (C=O) groups excluding carboxylic acids is 1. The highest BCUT2D eigenvalue weighted by atomic mass is 79.9. The van der Waals surface area contributed by atoms with E-state index in [9.17, 15) is 4.79 Å². The Morgan fingerprint density at radius 2 is 2.21 bits per heavy atom. The summed E-state index contributed by atoms with van der Waals surface area (Å²) in [6, 6.07) is 5.86. The number of benzene rings is 1. The number of aromatic nitrogens is 1. The average Bonchev–Trinajstić information content (AvgIpc) is 3.35. The first-order valence-corrected chi connectivity index (χ1v) is 11.5. The first-order valence-electron chi connectivity index (χ1n) is 8.97. The van der Waals surface area contributed by atoms with Crippen molar-refractivity contribution in [2.45, 2.75) is 32.8 Å². The Morgan fingerprint density at radius 1 is 1.36 bits per heavy atom. The molecule has 1 N–H and O–H groups in total. The summed E-state index contributed by atoms with van der Waals surface area (Å²) in [6.07, 6.45) is 1.20. The topological polar surface area (TPSA) is 60.5 Å². The monoisotopic (exact) mass is 478 g/mol. The molecule has 0 saturated carbocycles. The molecule has 1 unspecified atom stereocenters. The van der Waals surface area contributed by atoms with Crippen molar-refractivity contribution in [3.63, 3.8) is 0 Å². The van der Waals surface area contributed by atoms with Gasteiger partial charge in [0, 0.05) is 33.3 Å². The number of thiophene rings is 1. The van der Waals surface area contributed by atoms with Crippen molar-refractivity contribution in [1.82, 2.24) is 4.98 Å². The summed E-state index contributed by atoms with van der Waals surface area (Å²) >= 11 is 6.63. The molecule has 1 amide bonds. The smallest absolute Gasteiger partial charge is 0.230 e. The fraction of sp³-hybridized carbons (Fsp3) is 0.300. The Labute approximate surface area is 179 Å². The number of thiazole rings is 1. The van der Waals surface area contributed by atoms with E-state index in [1.54, 1.807) is 22.7 Å². The summed E-state index contributed by atoms with van der Waals surface area (Å²) < 4.78 is 12.6. The van der Waals surface area contributed by atoms with E-state index in [4.69, 9.17) is 9.47 Å². The van der Waals surface area contributed by atoms with Crippen LogP contribution in [-0.2, 0) is 17.6 Å². The molecule has 3 aromatic rings. The molecule has 5 nitrogen and oxygen atoms in total. The summed E-state index contributed by atoms with van der Waals surface area (Å²) in [5, 5.41) is 7.83. The lowest BCUT2D eigenvalue weighted by molar-refractivity contribution is -0.115. The van der Waals surface area contributed by atoms with Crippen molar-refractivity contribution >= 4 is 50.2 Å². The Balaban J connectivity index is 1.48. The number of halogens is 1. The van der Waals surface area contributed by atoms with Gasteiger partial charge in [-0.15, -0.1) is 22.7 Å². The summed E-state index contributed by atoms with van der Waals surface area (Å²) in [5.41, 5.74) is 2.50. The SMILES string of the molecule is CCOc1cc2c(cc1NC(=O)Cc1csc(-c3cc(Br)cs3)n1)OC(C)C2. The summed E-state index contributed by atoms with van der Waals surface area (Å²) in [4.78, 5) is 18.3. The zero-order chi connectivity index (χ0) is 19.7. The lowest BCUT2D eigenvalue weighted by Crippen LogP contribution is -2.15. The molecular weight excluding hydrogens is 460 g/mol. The molecule has 1 aliphatic rings. The molecule has 0 fully saturated rings. The van der Waals surface area contributed by atoms with Crippen LogP contribution in [0.1, 0.15) is 25.1 Å². The number of rotatable bonds is 6. The number of nitrogens with zero attached hydrogens (tertiary/aromatic N) is 1. The minimum atomic E-state index is -0.129. The highest BCUT2D eigenvalue weighted by Crippen LogP contribution is 2.38. The average molecular weight is 479 g/mol. The molecule has 4 rings (SSSR count). The van der Waals surface area contributed by atoms with E-state index in [-0.39, 0.29) is 18.4 Å². The van der Waals surface area contributed by atoms with E-state index in [1.165, 1.54) is 0 Å². The highest BCUT2D eigenvalue weighted by molar-refractivity contribution is 9.10. The van der Waals surface area contributed by atoms with Crippen molar-refractivity contribution in [2.75, 3.05) is 11.9 Å². The molecule has 3 heterocycles. The van der Waals surface area contributed by atoms with Crippen molar-refractivity contribution in [3.8, 4) is 21.4 Å². The maximum absolute atomic E-state index is 12.6. The number of nitrogens with one attached hydrogen (secondary N) is 1. The largest absolute Gasteiger partial charge is 0.492 e. The highest BCUT2D eigenvalue weighted by Gasteiger charge is 2.23. The minimum absolute atomic E-state index is 0.129. The third-order valence-electron chi connectivity index (χ3n) is 4.24. The molecule has 1 aliphatic heterocycles. The zero-order valence-corrected chi connectivity index (χ0v) is 18.7. The van der Waals surface area contributed by atoms with Gasteiger partial charge in [0.15, 0.2) is 0 Å². The van der Waals surface area contributed by atoms with Crippen LogP contribution in [-0.4, -0.2) is 23.6 Å². The fourth-order valence-corrected chi connectivity index (χ4v) is 5.42. The second-order valence-electron chi connectivity index (χ2n) is 6.52. The Bertz CT molecular complexity index is 1010. The van der Waals surface area contributed by atoms with Crippen LogP contribution >= 0.6 is 38.6 Å². The maximum atomic E-state index is 12.6. The van der Waals surface area contributed by atoms with Crippen LogP contribution in [0.3, 0.4) is 0 Å². The van der Waals surface area contributed by atoms with Crippen molar-refractivity contribution in [2.24, 2.45) is 0 Å². The van der Waals surface area contributed by atoms with Crippen LogP contribution in [0.15, 0.2) is 33.4 Å².